The Morgan fingerprint density at radius 1 is 1.00 bits per heavy atom. The molecule has 0 saturated heterocycles. The largest absolute Gasteiger partial charge is 0.462 e. The van der Waals surface area contributed by atoms with Crippen LogP contribution in [0, 0.1) is 0 Å². The Bertz CT molecular complexity index is 1230. The number of benzene rings is 2. The monoisotopic (exact) mass is 540 g/mol. The summed E-state index contributed by atoms with van der Waals surface area (Å²) in [6, 6.07) is 14.2. The molecule has 174 valence electrons. The number of nitrogens with zero attached hydrogens (tertiary/aromatic N) is 1. The molecule has 7 nitrogen and oxygen atoms in total. The molecular formula is C25H21BrN2O5S. The number of thiophene rings is 1. The number of anilines is 1. The van der Waals surface area contributed by atoms with E-state index in [0.717, 1.165) is 10.0 Å². The summed E-state index contributed by atoms with van der Waals surface area (Å²) >= 11 is 4.65. The molecule has 1 aromatic heterocycles. The number of amides is 3. The third-order valence-corrected chi connectivity index (χ3v) is 6.77. The fourth-order valence-electron chi connectivity index (χ4n) is 3.73. The first kappa shape index (κ1) is 23.8. The van der Waals surface area contributed by atoms with Gasteiger partial charge in [0, 0.05) is 28.4 Å². The fraction of sp³-hybridized carbons (Fsp3) is 0.200. The van der Waals surface area contributed by atoms with Crippen LogP contribution in [0.1, 0.15) is 50.8 Å². The Morgan fingerprint density at radius 3 is 2.26 bits per heavy atom. The van der Waals surface area contributed by atoms with E-state index in [1.54, 1.807) is 31.2 Å². The van der Waals surface area contributed by atoms with Gasteiger partial charge in [0.1, 0.15) is 10.6 Å². The lowest BCUT2D eigenvalue weighted by atomic mass is 10.0. The number of imide groups is 1. The molecule has 0 atom stereocenters. The van der Waals surface area contributed by atoms with Crippen molar-refractivity contribution in [1.29, 1.82) is 0 Å². The van der Waals surface area contributed by atoms with E-state index < -0.39 is 5.97 Å². The van der Waals surface area contributed by atoms with Gasteiger partial charge in [-0.25, -0.2) is 4.79 Å². The molecule has 0 fully saturated rings. The molecular weight excluding hydrogens is 520 g/mol. The predicted molar refractivity (Wildman–Crippen MR) is 133 cm³/mol. The van der Waals surface area contributed by atoms with Gasteiger partial charge in [-0.05, 0) is 43.2 Å². The van der Waals surface area contributed by atoms with Gasteiger partial charge in [-0.2, -0.15) is 0 Å². The maximum absolute atomic E-state index is 12.7. The molecule has 3 aromatic rings. The zero-order valence-corrected chi connectivity index (χ0v) is 20.7. The maximum atomic E-state index is 12.7. The van der Waals surface area contributed by atoms with Crippen molar-refractivity contribution in [1.82, 2.24) is 4.90 Å². The van der Waals surface area contributed by atoms with Gasteiger partial charge >= 0.3 is 5.97 Å². The highest BCUT2D eigenvalue weighted by Crippen LogP contribution is 2.37. The summed E-state index contributed by atoms with van der Waals surface area (Å²) in [4.78, 5) is 51.4. The first-order valence-electron chi connectivity index (χ1n) is 10.7. The Kier molecular flexibility index (Phi) is 7.23. The number of carbonyl (C=O) groups is 4. The highest BCUT2D eigenvalue weighted by Gasteiger charge is 2.34. The molecule has 34 heavy (non-hydrogen) atoms. The zero-order valence-electron chi connectivity index (χ0n) is 18.3. The molecule has 1 aliphatic heterocycles. The molecule has 2 heterocycles. The van der Waals surface area contributed by atoms with Crippen molar-refractivity contribution in [2.75, 3.05) is 18.5 Å². The van der Waals surface area contributed by atoms with E-state index in [0.29, 0.717) is 33.7 Å². The topological polar surface area (TPSA) is 92.8 Å². The molecule has 4 rings (SSSR count). The van der Waals surface area contributed by atoms with Crippen molar-refractivity contribution in [2.45, 2.75) is 19.8 Å². The summed E-state index contributed by atoms with van der Waals surface area (Å²) in [5.74, 6) is -1.51. The summed E-state index contributed by atoms with van der Waals surface area (Å²) < 4.78 is 6.14. The molecule has 9 heteroatoms. The second-order valence-electron chi connectivity index (χ2n) is 7.54. The molecule has 2 aromatic carbocycles. The van der Waals surface area contributed by atoms with Gasteiger partial charge < -0.3 is 10.1 Å². The van der Waals surface area contributed by atoms with Crippen LogP contribution in [0.15, 0.2) is 58.4 Å². The highest BCUT2D eigenvalue weighted by molar-refractivity contribution is 9.10. The van der Waals surface area contributed by atoms with Gasteiger partial charge in [0.05, 0.1) is 17.7 Å². The van der Waals surface area contributed by atoms with Crippen molar-refractivity contribution < 1.29 is 23.9 Å². The second kappa shape index (κ2) is 10.3. The average Bonchev–Trinajstić information content (AvgIpc) is 3.34. The molecule has 0 spiro atoms. The number of ether oxygens (including phenoxy) is 1. The van der Waals surface area contributed by atoms with E-state index in [9.17, 15) is 19.2 Å². The van der Waals surface area contributed by atoms with Crippen LogP contribution in [-0.2, 0) is 9.53 Å². The fourth-order valence-corrected chi connectivity index (χ4v) is 4.96. The van der Waals surface area contributed by atoms with Crippen LogP contribution in [-0.4, -0.2) is 41.7 Å². The number of nitrogens with one attached hydrogen (secondary N) is 1. The SMILES string of the molecule is CCOC(=O)c1c(-c2ccc(Br)cc2)csc1NC(=O)CCCN1C(=O)c2ccccc2C1=O. The first-order chi connectivity index (χ1) is 16.4. The number of esters is 1. The number of carbonyl (C=O) groups excluding carboxylic acids is 4. The van der Waals surface area contributed by atoms with E-state index in [1.807, 2.05) is 29.6 Å². The van der Waals surface area contributed by atoms with Gasteiger partial charge in [0.15, 0.2) is 0 Å². The number of halogens is 1. The van der Waals surface area contributed by atoms with Crippen LogP contribution in [0.2, 0.25) is 0 Å². The van der Waals surface area contributed by atoms with Gasteiger partial charge in [-0.1, -0.05) is 40.2 Å². The third-order valence-electron chi connectivity index (χ3n) is 5.34. The van der Waals surface area contributed by atoms with Crippen molar-refractivity contribution in [3.05, 3.63) is 75.1 Å². The lowest BCUT2D eigenvalue weighted by Crippen LogP contribution is -2.31. The summed E-state index contributed by atoms with van der Waals surface area (Å²) in [5.41, 5.74) is 2.58. The summed E-state index contributed by atoms with van der Waals surface area (Å²) in [6.45, 7) is 2.07. The Hall–Kier alpha value is -3.30. The van der Waals surface area contributed by atoms with Gasteiger partial charge in [0.2, 0.25) is 5.91 Å². The molecule has 0 aliphatic carbocycles. The standard InChI is InChI=1S/C25H21BrN2O5S/c1-2-33-25(32)21-19(15-9-11-16(26)12-10-15)14-34-22(21)27-20(29)8-5-13-28-23(30)17-6-3-4-7-18(17)24(28)31/h3-4,6-7,9-12,14H,2,5,8,13H2,1H3,(H,27,29). The van der Waals surface area contributed by atoms with Gasteiger partial charge in [-0.3, -0.25) is 19.3 Å². The minimum atomic E-state index is -0.511. The maximum Gasteiger partial charge on any atom is 0.341 e. The minimum absolute atomic E-state index is 0.0845. The van der Waals surface area contributed by atoms with Crippen molar-refractivity contribution in [2.24, 2.45) is 0 Å². The predicted octanol–water partition coefficient (Wildman–Crippen LogP) is 5.37. The molecule has 1 N–H and O–H groups in total. The Balaban J connectivity index is 1.43. The Labute approximate surface area is 208 Å². The lowest BCUT2D eigenvalue weighted by molar-refractivity contribution is -0.116. The van der Waals surface area contributed by atoms with Crippen LogP contribution >= 0.6 is 27.3 Å². The smallest absolute Gasteiger partial charge is 0.341 e. The number of rotatable bonds is 8. The van der Waals surface area contributed by atoms with Crippen LogP contribution in [0.3, 0.4) is 0 Å². The van der Waals surface area contributed by atoms with Gasteiger partial charge in [0.25, 0.3) is 11.8 Å². The first-order valence-corrected chi connectivity index (χ1v) is 12.4. The number of hydrogen-bond acceptors (Lipinski definition) is 6. The Morgan fingerprint density at radius 2 is 1.65 bits per heavy atom. The molecule has 0 radical (unpaired) electrons. The summed E-state index contributed by atoms with van der Waals surface area (Å²) in [5, 5.41) is 5.01. The van der Waals surface area contributed by atoms with Crippen LogP contribution in [0.25, 0.3) is 11.1 Å². The molecule has 0 unspecified atom stereocenters. The van der Waals surface area contributed by atoms with Crippen molar-refractivity contribution >= 4 is 56.0 Å². The number of fused-ring (bicyclic) bond motifs is 1. The van der Waals surface area contributed by atoms with E-state index in [-0.39, 0.29) is 37.3 Å². The lowest BCUT2D eigenvalue weighted by Gasteiger charge is -2.13. The molecule has 0 saturated carbocycles. The molecule has 1 aliphatic rings. The highest BCUT2D eigenvalue weighted by atomic mass is 79.9. The molecule has 0 bridgehead atoms. The third kappa shape index (κ3) is 4.80. The van der Waals surface area contributed by atoms with Crippen molar-refractivity contribution in [3.8, 4) is 11.1 Å². The van der Waals surface area contributed by atoms with Crippen LogP contribution < -0.4 is 5.32 Å². The summed E-state index contributed by atoms with van der Waals surface area (Å²) in [6.07, 6.45) is 0.387. The van der Waals surface area contributed by atoms with Gasteiger partial charge in [-0.15, -0.1) is 11.3 Å². The van der Waals surface area contributed by atoms with E-state index >= 15 is 0 Å². The quantitative estimate of drug-likeness (QED) is 0.306. The van der Waals surface area contributed by atoms with E-state index in [2.05, 4.69) is 21.2 Å². The average molecular weight is 541 g/mol. The molecule has 3 amide bonds. The minimum Gasteiger partial charge on any atom is -0.462 e. The van der Waals surface area contributed by atoms with E-state index in [1.165, 1.54) is 16.2 Å². The summed E-state index contributed by atoms with van der Waals surface area (Å²) in [7, 11) is 0. The normalized spacial score (nSPS) is 12.6. The second-order valence-corrected chi connectivity index (χ2v) is 9.34. The number of hydrogen-bond donors (Lipinski definition) is 1. The van der Waals surface area contributed by atoms with Crippen molar-refractivity contribution in [3.63, 3.8) is 0 Å². The zero-order chi connectivity index (χ0) is 24.2. The van der Waals surface area contributed by atoms with Crippen LogP contribution in [0.5, 0.6) is 0 Å². The van der Waals surface area contributed by atoms with E-state index in [4.69, 9.17) is 4.74 Å². The van der Waals surface area contributed by atoms with Crippen LogP contribution in [0.4, 0.5) is 5.00 Å².